The Morgan fingerprint density at radius 3 is 1.24 bits per heavy atom. The van der Waals surface area contributed by atoms with Gasteiger partial charge < -0.3 is 45.7 Å². The maximum absolute atomic E-state index is 13.3. The molecular formula is C74H91IN9O14S3-. The number of nitrogens with zero attached hydrogens (tertiary/aromatic N) is 3. The number of fused-ring (bicyclic) bond motifs is 3. The number of thiazole rings is 3. The zero-order valence-corrected chi connectivity index (χ0v) is 61.2. The quantitative estimate of drug-likeness (QED) is 0.00702. The van der Waals surface area contributed by atoms with Crippen molar-refractivity contribution in [3.05, 3.63) is 160 Å². The fraction of sp³-hybridized carbons (Fsp3) is 0.446. The van der Waals surface area contributed by atoms with Crippen LogP contribution in [-0.4, -0.2) is 143 Å². The molecule has 3 unspecified atom stereocenters. The molecule has 0 radical (unpaired) electrons. The number of aromatic nitrogens is 3. The Kier molecular flexibility index (Phi) is 34.3. The number of carboxylic acid groups (broad SMARTS) is 1. The molecular weight excluding hydrogens is 1460 g/mol. The molecule has 3 aromatic heterocycles. The molecule has 0 bridgehead atoms. The van der Waals surface area contributed by atoms with Gasteiger partial charge in [0.1, 0.15) is 6.61 Å². The van der Waals surface area contributed by atoms with Crippen molar-refractivity contribution in [1.29, 1.82) is 0 Å². The number of para-hydroxylation sites is 3. The van der Waals surface area contributed by atoms with Crippen LogP contribution in [-0.2, 0) is 51.3 Å². The van der Waals surface area contributed by atoms with Gasteiger partial charge in [-0.2, -0.15) is 0 Å². The number of ketones is 3. The number of carboxylic acids is 1. The van der Waals surface area contributed by atoms with Crippen molar-refractivity contribution in [3.8, 4) is 0 Å². The number of aliphatic carboxylic acids is 1. The van der Waals surface area contributed by atoms with Gasteiger partial charge >= 0.3 is 185 Å². The summed E-state index contributed by atoms with van der Waals surface area (Å²) in [6, 6.07) is 40.9. The van der Waals surface area contributed by atoms with Gasteiger partial charge in [-0.15, -0.1) is 22.7 Å². The van der Waals surface area contributed by atoms with Crippen LogP contribution in [0.5, 0.6) is 0 Å². The standard InChI is InChI=1S/C27H31N3O5S.C22H25IN3O3S.C19H25N3O3S.C6H10O3/c31-24(26-30-21-12-4-5-14-23(21)36-26)22(29-25(32)20-11-8-16-34-18-20)13-6-7-15-28-27(33)35-17-19-9-2-1-3-10-19;24-23-14-17(20(27)21-26-18-11-4-5-12-19(18)30-21)10-6-7-13-25-22(28)29-15-16-8-2-1-3-9-16;20-10-4-3-8-15(21-18(24)13-6-5-11-25-12-13)17(23)19-22-14-7-1-2-9-16(14)26-19;7-6(8)5-2-1-3-9-4-5/h1-5,9-10,12,14,20,22H,6-8,11,13,15-18H2,(H,28,33)(H,29,32);1-5,8-9,11-12,17H,6-7,10,13-15,24H2,(H,25,28);1-2,7,9,13,15H,3-6,8,10-12,20H2,(H,21,24);5H,1-4H2,(H,7,8)/q;-1;;/t20?,22-;17-;13?,15-;/m010./s1. The topological polar surface area (TPSA) is 342 Å². The molecule has 6 heterocycles. The molecule has 3 saturated heterocycles. The number of Topliss-reactive ketones (excluding diaryl/α,β-unsaturated/α-hetero) is 3. The van der Waals surface area contributed by atoms with Gasteiger partial charge in [0.05, 0.1) is 70.1 Å². The van der Waals surface area contributed by atoms with Gasteiger partial charge in [0.2, 0.25) is 23.4 Å². The van der Waals surface area contributed by atoms with E-state index in [9.17, 15) is 38.4 Å². The predicted molar refractivity (Wildman–Crippen MR) is 386 cm³/mol. The van der Waals surface area contributed by atoms with Crippen LogP contribution in [0.3, 0.4) is 0 Å². The summed E-state index contributed by atoms with van der Waals surface area (Å²) in [5.74, 6) is -1.95. The van der Waals surface area contributed by atoms with Crippen molar-refractivity contribution in [3.63, 3.8) is 0 Å². The smallest absolute Gasteiger partial charge is 0.407 e. The summed E-state index contributed by atoms with van der Waals surface area (Å²) in [6.45, 7) is 5.28. The first kappa shape index (κ1) is 79.0. The van der Waals surface area contributed by atoms with E-state index in [4.69, 9.17) is 38.5 Å². The first-order valence-corrected chi connectivity index (χ1v) is 39.6. The minimum absolute atomic E-state index is 0.0894. The van der Waals surface area contributed by atoms with E-state index in [1.807, 2.05) is 133 Å². The largest absolute Gasteiger partial charge is 0.481 e. The van der Waals surface area contributed by atoms with Crippen molar-refractivity contribution in [2.75, 3.05) is 63.7 Å². The molecule has 0 spiro atoms. The summed E-state index contributed by atoms with van der Waals surface area (Å²) in [6.07, 6.45) is 10.3. The molecule has 5 aromatic carbocycles. The van der Waals surface area contributed by atoms with Crippen LogP contribution in [0.1, 0.15) is 137 Å². The van der Waals surface area contributed by atoms with Gasteiger partial charge in [-0.3, -0.25) is 24.0 Å². The number of unbranched alkanes of at least 4 members (excludes halogenated alkanes) is 3. The zero-order valence-electron chi connectivity index (χ0n) is 56.6. The second kappa shape index (κ2) is 43.9. The third-order valence-electron chi connectivity index (χ3n) is 16.8. The number of halogens is 1. The number of rotatable bonds is 31. The number of hydrogen-bond donors (Lipinski definition) is 7. The van der Waals surface area contributed by atoms with Gasteiger partial charge in [0, 0.05) is 26.4 Å². The van der Waals surface area contributed by atoms with Crippen LogP contribution in [0.2, 0.25) is 0 Å². The minimum atomic E-state index is -0.727. The normalized spacial score (nSPS) is 16.6. The Labute approximate surface area is 611 Å². The Morgan fingerprint density at radius 1 is 0.495 bits per heavy atom. The maximum Gasteiger partial charge on any atom is 0.407 e. The number of carbonyl (C=O) groups excluding carboxylic acids is 7. The average Bonchev–Trinajstić information content (AvgIpc) is 1.70. The van der Waals surface area contributed by atoms with Crippen LogP contribution in [0.25, 0.3) is 30.6 Å². The summed E-state index contributed by atoms with van der Waals surface area (Å²) < 4.78 is 35.7. The van der Waals surface area contributed by atoms with Crippen molar-refractivity contribution < 1.29 is 88.6 Å². The molecule has 27 heteroatoms. The summed E-state index contributed by atoms with van der Waals surface area (Å²) in [5, 5.41) is 21.3. The zero-order chi connectivity index (χ0) is 71.4. The Bertz CT molecular complexity index is 3780. The number of hydrogen-bond acceptors (Lipinski definition) is 21. The third kappa shape index (κ3) is 26.9. The molecule has 8 aromatic rings. The van der Waals surface area contributed by atoms with E-state index in [0.29, 0.717) is 93.4 Å². The number of amides is 4. The molecule has 23 nitrogen and oxygen atoms in total. The minimum Gasteiger partial charge on any atom is -0.481 e. The van der Waals surface area contributed by atoms with E-state index in [0.717, 1.165) is 123 Å². The molecule has 4 amide bonds. The fourth-order valence-electron chi connectivity index (χ4n) is 11.1. The van der Waals surface area contributed by atoms with Crippen molar-refractivity contribution in [1.82, 2.24) is 36.2 Å². The molecule has 542 valence electrons. The SMILES string of the molecule is NCCCC[C@H](NC(=O)C1CCCOC1)C(=O)c1nc2ccccc2s1.N[I-]C[C@@H](CCCCNC(=O)OCc1ccccc1)C(=O)c1nc2ccccc2s1.O=C(NCCCC[C@H](NC(=O)C1CCCOC1)C(=O)c1nc2ccccc2s1)OCc1ccccc1.O=C(O)C1CCCOC1. The molecule has 9 N–H and O–H groups in total. The molecule has 0 aliphatic carbocycles. The van der Waals surface area contributed by atoms with Crippen molar-refractivity contribution >= 4 is 112 Å². The average molecular weight is 1550 g/mol. The number of nitrogens with one attached hydrogen (secondary N) is 4. The molecule has 3 aliphatic rings. The van der Waals surface area contributed by atoms with Crippen LogP contribution in [0.4, 0.5) is 9.59 Å². The van der Waals surface area contributed by atoms with Gasteiger partial charge in [-0.25, -0.2) is 14.8 Å². The van der Waals surface area contributed by atoms with Gasteiger partial charge in [0.25, 0.3) is 0 Å². The number of alkyl halides is 1. The van der Waals surface area contributed by atoms with E-state index in [2.05, 4.69) is 36.2 Å². The predicted octanol–water partition coefficient (Wildman–Crippen LogP) is 8.66. The molecule has 6 atom stereocenters. The summed E-state index contributed by atoms with van der Waals surface area (Å²) >= 11 is 3.68. The van der Waals surface area contributed by atoms with E-state index in [1.54, 1.807) is 0 Å². The number of ether oxygens (including phenoxy) is 5. The number of carbonyl (C=O) groups is 8. The van der Waals surface area contributed by atoms with Crippen molar-refractivity contribution in [2.45, 2.75) is 122 Å². The maximum atomic E-state index is 13.3. The molecule has 3 aliphatic heterocycles. The van der Waals surface area contributed by atoms with E-state index in [-0.39, 0.29) is 66.0 Å². The first-order valence-electron chi connectivity index (χ1n) is 34.4. The number of alkyl carbamates (subject to hydrolysis) is 2. The molecule has 11 rings (SSSR count). The fourth-order valence-corrected chi connectivity index (χ4v) is 15.5. The van der Waals surface area contributed by atoms with Gasteiger partial charge in [-0.1, -0.05) is 72.8 Å². The molecule has 3 fully saturated rings. The summed E-state index contributed by atoms with van der Waals surface area (Å²) in [4.78, 5) is 112. The monoisotopic (exact) mass is 1550 g/mol. The van der Waals surface area contributed by atoms with Gasteiger partial charge in [0.15, 0.2) is 10.0 Å². The van der Waals surface area contributed by atoms with Crippen LogP contribution in [0, 0.1) is 23.7 Å². The van der Waals surface area contributed by atoms with Crippen LogP contribution < -0.4 is 52.4 Å². The Balaban J connectivity index is 0.000000183. The van der Waals surface area contributed by atoms with E-state index in [1.165, 1.54) is 34.0 Å². The molecule has 0 saturated carbocycles. The Morgan fingerprint density at radius 2 is 0.871 bits per heavy atom. The second-order valence-electron chi connectivity index (χ2n) is 24.5. The van der Waals surface area contributed by atoms with E-state index < -0.39 is 51.7 Å². The third-order valence-corrected chi connectivity index (χ3v) is 21.5. The first-order chi connectivity index (χ1) is 49.3. The van der Waals surface area contributed by atoms with E-state index >= 15 is 0 Å². The summed E-state index contributed by atoms with van der Waals surface area (Å²) in [5.41, 5.74) is 9.90. The molecule has 101 heavy (non-hydrogen) atoms. The Hall–Kier alpha value is -7.74. The number of nitrogens with two attached hydrogens (primary N) is 2. The van der Waals surface area contributed by atoms with Crippen molar-refractivity contribution in [2.24, 2.45) is 33.4 Å². The second-order valence-corrected chi connectivity index (χ2v) is 29.4. The summed E-state index contributed by atoms with van der Waals surface area (Å²) in [7, 11) is 0. The van der Waals surface area contributed by atoms with Crippen LogP contribution in [0.15, 0.2) is 133 Å². The van der Waals surface area contributed by atoms with Gasteiger partial charge in [-0.05, 0) is 113 Å². The van der Waals surface area contributed by atoms with Crippen LogP contribution >= 0.6 is 34.0 Å². The number of benzene rings is 5.